The van der Waals surface area contributed by atoms with Gasteiger partial charge in [-0.2, -0.15) is 0 Å². The van der Waals surface area contributed by atoms with Gasteiger partial charge in [0.1, 0.15) is 5.78 Å². The van der Waals surface area contributed by atoms with E-state index in [0.29, 0.717) is 17.6 Å². The molecule has 2 aliphatic rings. The monoisotopic (exact) mass is 206 g/mol. The van der Waals surface area contributed by atoms with Crippen molar-refractivity contribution in [3.63, 3.8) is 0 Å². The number of hydrogen-bond donors (Lipinski definition) is 0. The third-order valence-electron chi connectivity index (χ3n) is 4.45. The van der Waals surface area contributed by atoms with E-state index in [1.54, 1.807) is 0 Å². The van der Waals surface area contributed by atoms with Crippen molar-refractivity contribution in [1.82, 2.24) is 0 Å². The molecule has 0 amide bonds. The van der Waals surface area contributed by atoms with E-state index < -0.39 is 0 Å². The zero-order valence-corrected chi connectivity index (χ0v) is 10.2. The topological polar surface area (TPSA) is 17.1 Å². The Kier molecular flexibility index (Phi) is 2.74. The summed E-state index contributed by atoms with van der Waals surface area (Å²) in [6.45, 7) is 6.76. The number of ketones is 1. The van der Waals surface area contributed by atoms with Crippen molar-refractivity contribution >= 4 is 5.78 Å². The van der Waals surface area contributed by atoms with Crippen LogP contribution in [-0.2, 0) is 4.79 Å². The summed E-state index contributed by atoms with van der Waals surface area (Å²) in [6, 6.07) is 0. The van der Waals surface area contributed by atoms with Crippen LogP contribution < -0.4 is 0 Å². The van der Waals surface area contributed by atoms with Crippen molar-refractivity contribution in [2.45, 2.75) is 52.9 Å². The number of Topliss-reactive ketones (excluding diaryl/α,β-unsaturated/α-hetero) is 1. The molecule has 84 valence electrons. The zero-order valence-electron chi connectivity index (χ0n) is 10.2. The first kappa shape index (κ1) is 10.9. The lowest BCUT2D eigenvalue weighted by Gasteiger charge is -2.41. The minimum atomic E-state index is 0.0354. The van der Waals surface area contributed by atoms with Crippen LogP contribution in [-0.4, -0.2) is 5.78 Å². The molecule has 0 aromatic rings. The van der Waals surface area contributed by atoms with E-state index >= 15 is 0 Å². The van der Waals surface area contributed by atoms with Gasteiger partial charge in [0.05, 0.1) is 0 Å². The van der Waals surface area contributed by atoms with E-state index in [0.717, 1.165) is 32.1 Å². The molecule has 0 aromatic heterocycles. The first-order chi connectivity index (χ1) is 7.06. The van der Waals surface area contributed by atoms with E-state index in [-0.39, 0.29) is 5.41 Å². The van der Waals surface area contributed by atoms with E-state index in [4.69, 9.17) is 0 Å². The van der Waals surface area contributed by atoms with Crippen molar-refractivity contribution in [3.05, 3.63) is 11.6 Å². The molecule has 0 N–H and O–H groups in total. The average Bonchev–Trinajstić information content (AvgIpc) is 2.53. The van der Waals surface area contributed by atoms with Crippen LogP contribution in [0.3, 0.4) is 0 Å². The molecule has 0 aromatic carbocycles. The maximum atomic E-state index is 12.1. The molecule has 0 bridgehead atoms. The molecular formula is C14H22O. The molecule has 1 spiro atoms. The third-order valence-corrected chi connectivity index (χ3v) is 4.45. The molecule has 1 nitrogen and oxygen atoms in total. The van der Waals surface area contributed by atoms with Crippen LogP contribution in [0.2, 0.25) is 0 Å². The Labute approximate surface area is 92.9 Å². The standard InChI is InChI=1S/C14H22O/c1-10(2)12-9-11(3)6-8-14(12)7-4-5-13(14)15/h6,10,12H,4-5,7-9H2,1-3H3. The molecule has 0 aliphatic heterocycles. The molecular weight excluding hydrogens is 184 g/mol. The van der Waals surface area contributed by atoms with Crippen molar-refractivity contribution in [1.29, 1.82) is 0 Å². The lowest BCUT2D eigenvalue weighted by Crippen LogP contribution is -2.39. The maximum Gasteiger partial charge on any atom is 0.139 e. The highest BCUT2D eigenvalue weighted by Crippen LogP contribution is 2.52. The van der Waals surface area contributed by atoms with Crippen LogP contribution in [0.1, 0.15) is 52.9 Å². The molecule has 2 aliphatic carbocycles. The van der Waals surface area contributed by atoms with Gasteiger partial charge in [-0.3, -0.25) is 4.79 Å². The molecule has 0 radical (unpaired) electrons. The maximum absolute atomic E-state index is 12.1. The fraction of sp³-hybridized carbons (Fsp3) is 0.786. The first-order valence-corrected chi connectivity index (χ1v) is 6.25. The molecule has 2 rings (SSSR count). The predicted molar refractivity (Wildman–Crippen MR) is 62.6 cm³/mol. The second kappa shape index (κ2) is 3.77. The van der Waals surface area contributed by atoms with E-state index in [1.165, 1.54) is 5.57 Å². The Balaban J connectivity index is 2.33. The number of carbonyl (C=O) groups is 1. The van der Waals surface area contributed by atoms with Gasteiger partial charge in [0.15, 0.2) is 0 Å². The number of carbonyl (C=O) groups excluding carboxylic acids is 1. The average molecular weight is 206 g/mol. The van der Waals surface area contributed by atoms with Gasteiger partial charge in [-0.1, -0.05) is 25.5 Å². The summed E-state index contributed by atoms with van der Waals surface area (Å²) in [6.07, 6.45) is 7.55. The number of hydrogen-bond acceptors (Lipinski definition) is 1. The lowest BCUT2D eigenvalue weighted by atomic mass is 9.61. The second-order valence-corrected chi connectivity index (χ2v) is 5.74. The quantitative estimate of drug-likeness (QED) is 0.597. The van der Waals surface area contributed by atoms with Crippen LogP contribution in [0, 0.1) is 17.3 Å². The molecule has 1 saturated carbocycles. The minimum absolute atomic E-state index is 0.0354. The summed E-state index contributed by atoms with van der Waals surface area (Å²) >= 11 is 0. The lowest BCUT2D eigenvalue weighted by molar-refractivity contribution is -0.130. The second-order valence-electron chi connectivity index (χ2n) is 5.74. The Hall–Kier alpha value is -0.590. The Morgan fingerprint density at radius 1 is 1.47 bits per heavy atom. The number of rotatable bonds is 1. The summed E-state index contributed by atoms with van der Waals surface area (Å²) in [5.74, 6) is 1.78. The summed E-state index contributed by atoms with van der Waals surface area (Å²) in [5.41, 5.74) is 1.52. The van der Waals surface area contributed by atoms with Gasteiger partial charge < -0.3 is 0 Å². The molecule has 0 heterocycles. The highest BCUT2D eigenvalue weighted by Gasteiger charge is 2.49. The normalized spacial score (nSPS) is 36.4. The van der Waals surface area contributed by atoms with Gasteiger partial charge in [0.2, 0.25) is 0 Å². The summed E-state index contributed by atoms with van der Waals surface area (Å²) in [5, 5.41) is 0. The van der Waals surface area contributed by atoms with Gasteiger partial charge in [-0.05, 0) is 44.4 Å². The van der Waals surface area contributed by atoms with Gasteiger partial charge in [-0.25, -0.2) is 0 Å². The molecule has 1 heteroatoms. The fourth-order valence-electron chi connectivity index (χ4n) is 3.57. The largest absolute Gasteiger partial charge is 0.299 e. The zero-order chi connectivity index (χ0) is 11.1. The smallest absolute Gasteiger partial charge is 0.139 e. The Morgan fingerprint density at radius 2 is 2.20 bits per heavy atom. The molecule has 2 atom stereocenters. The molecule has 15 heavy (non-hydrogen) atoms. The highest BCUT2D eigenvalue weighted by molar-refractivity contribution is 5.87. The van der Waals surface area contributed by atoms with Gasteiger partial charge >= 0.3 is 0 Å². The van der Waals surface area contributed by atoms with Crippen LogP contribution in [0.4, 0.5) is 0 Å². The van der Waals surface area contributed by atoms with Gasteiger partial charge in [0, 0.05) is 11.8 Å². The van der Waals surface area contributed by atoms with Crippen LogP contribution in [0.5, 0.6) is 0 Å². The SMILES string of the molecule is CC1=CCC2(CCCC2=O)C(C(C)C)C1. The molecule has 0 saturated heterocycles. The summed E-state index contributed by atoms with van der Waals surface area (Å²) in [7, 11) is 0. The predicted octanol–water partition coefficient (Wildman–Crippen LogP) is 3.74. The number of allylic oxidation sites excluding steroid dienone is 2. The molecule has 1 fully saturated rings. The van der Waals surface area contributed by atoms with E-state index in [1.807, 2.05) is 0 Å². The van der Waals surface area contributed by atoms with Gasteiger partial charge in [-0.15, -0.1) is 0 Å². The van der Waals surface area contributed by atoms with Crippen LogP contribution in [0.15, 0.2) is 11.6 Å². The highest BCUT2D eigenvalue weighted by atomic mass is 16.1. The third kappa shape index (κ3) is 1.66. The fourth-order valence-corrected chi connectivity index (χ4v) is 3.57. The Bertz CT molecular complexity index is 300. The van der Waals surface area contributed by atoms with Crippen molar-refractivity contribution in [3.8, 4) is 0 Å². The van der Waals surface area contributed by atoms with Crippen molar-refractivity contribution in [2.24, 2.45) is 17.3 Å². The van der Waals surface area contributed by atoms with Crippen molar-refractivity contribution < 1.29 is 4.79 Å². The summed E-state index contributed by atoms with van der Waals surface area (Å²) < 4.78 is 0. The van der Waals surface area contributed by atoms with Crippen LogP contribution >= 0.6 is 0 Å². The van der Waals surface area contributed by atoms with Crippen molar-refractivity contribution in [2.75, 3.05) is 0 Å². The summed E-state index contributed by atoms with van der Waals surface area (Å²) in [4.78, 5) is 12.1. The van der Waals surface area contributed by atoms with E-state index in [2.05, 4.69) is 26.8 Å². The first-order valence-electron chi connectivity index (χ1n) is 6.25. The molecule has 2 unspecified atom stereocenters. The van der Waals surface area contributed by atoms with Crippen LogP contribution in [0.25, 0.3) is 0 Å². The van der Waals surface area contributed by atoms with E-state index in [9.17, 15) is 4.79 Å². The van der Waals surface area contributed by atoms with Gasteiger partial charge in [0.25, 0.3) is 0 Å². The minimum Gasteiger partial charge on any atom is -0.299 e. The Morgan fingerprint density at radius 3 is 2.73 bits per heavy atom.